The summed E-state index contributed by atoms with van der Waals surface area (Å²) in [6, 6.07) is 3.99. The summed E-state index contributed by atoms with van der Waals surface area (Å²) in [6.45, 7) is 3.36. The molecule has 1 aromatic rings. The summed E-state index contributed by atoms with van der Waals surface area (Å²) in [4.78, 5) is 35.3. The number of carbonyl (C=O) groups excluding carboxylic acids is 2. The maximum atomic E-state index is 12.1. The average molecular weight is 277 g/mol. The number of likely N-dealkylation sites (tertiary alicyclic amines) is 1. The first-order valence-corrected chi connectivity index (χ1v) is 6.10. The average Bonchev–Trinajstić information content (AvgIpc) is 2.53. The Bertz CT molecular complexity index is 610. The fourth-order valence-corrected chi connectivity index (χ4v) is 2.20. The third kappa shape index (κ3) is 2.34. The lowest BCUT2D eigenvalue weighted by molar-refractivity contribution is -0.384. The molecule has 0 aromatic heterocycles. The fraction of sp³-hybridized carbons (Fsp3) is 0.385. The van der Waals surface area contributed by atoms with Crippen molar-refractivity contribution >= 4 is 23.2 Å². The molecule has 7 nitrogen and oxygen atoms in total. The van der Waals surface area contributed by atoms with Gasteiger partial charge in [0.15, 0.2) is 0 Å². The van der Waals surface area contributed by atoms with Gasteiger partial charge in [-0.05, 0) is 6.07 Å². The van der Waals surface area contributed by atoms with Gasteiger partial charge in [-0.1, -0.05) is 13.8 Å². The molecule has 0 bridgehead atoms. The second-order valence-corrected chi connectivity index (χ2v) is 5.49. The Morgan fingerprint density at radius 3 is 2.55 bits per heavy atom. The molecule has 106 valence electrons. The molecule has 0 aliphatic carbocycles. The molecule has 2 N–H and O–H groups in total. The number of non-ortho nitro benzene ring substituents is 1. The molecule has 1 heterocycles. The van der Waals surface area contributed by atoms with Crippen LogP contribution in [0, 0.1) is 15.5 Å². The van der Waals surface area contributed by atoms with Crippen molar-refractivity contribution in [1.29, 1.82) is 0 Å². The zero-order chi connectivity index (χ0) is 15.1. The van der Waals surface area contributed by atoms with E-state index in [1.165, 1.54) is 18.2 Å². The summed E-state index contributed by atoms with van der Waals surface area (Å²) >= 11 is 0. The van der Waals surface area contributed by atoms with Gasteiger partial charge in [-0.2, -0.15) is 0 Å². The lowest BCUT2D eigenvalue weighted by atomic mass is 9.92. The number of benzene rings is 1. The van der Waals surface area contributed by atoms with Crippen molar-refractivity contribution in [3.8, 4) is 0 Å². The van der Waals surface area contributed by atoms with Crippen LogP contribution >= 0.6 is 0 Å². The number of anilines is 1. The van der Waals surface area contributed by atoms with E-state index in [1.54, 1.807) is 13.8 Å². The maximum Gasteiger partial charge on any atom is 0.269 e. The second-order valence-electron chi connectivity index (χ2n) is 5.49. The van der Waals surface area contributed by atoms with E-state index in [9.17, 15) is 19.7 Å². The Kier molecular flexibility index (Phi) is 3.21. The van der Waals surface area contributed by atoms with Crippen molar-refractivity contribution in [2.45, 2.75) is 26.8 Å². The quantitative estimate of drug-likeness (QED) is 0.389. The Labute approximate surface area is 115 Å². The summed E-state index contributed by atoms with van der Waals surface area (Å²) in [7, 11) is 0. The van der Waals surface area contributed by atoms with Crippen LogP contribution in [-0.2, 0) is 16.1 Å². The lowest BCUT2D eigenvalue weighted by Crippen LogP contribution is -2.32. The Balaban J connectivity index is 2.31. The monoisotopic (exact) mass is 277 g/mol. The van der Waals surface area contributed by atoms with E-state index in [4.69, 9.17) is 5.73 Å². The third-order valence-electron chi connectivity index (χ3n) is 3.38. The van der Waals surface area contributed by atoms with Gasteiger partial charge in [0.25, 0.3) is 5.69 Å². The van der Waals surface area contributed by atoms with Crippen LogP contribution in [0.5, 0.6) is 0 Å². The largest absolute Gasteiger partial charge is 0.398 e. The van der Waals surface area contributed by atoms with Gasteiger partial charge < -0.3 is 5.73 Å². The molecule has 0 unspecified atom stereocenters. The highest BCUT2D eigenvalue weighted by molar-refractivity contribution is 6.05. The van der Waals surface area contributed by atoms with E-state index < -0.39 is 10.3 Å². The summed E-state index contributed by atoms with van der Waals surface area (Å²) in [5.74, 6) is -0.570. The van der Waals surface area contributed by atoms with Gasteiger partial charge in [-0.15, -0.1) is 0 Å². The van der Waals surface area contributed by atoms with Crippen LogP contribution in [0.1, 0.15) is 25.8 Å². The number of nitrogen functional groups attached to an aromatic ring is 1. The van der Waals surface area contributed by atoms with E-state index in [0.717, 1.165) is 4.90 Å². The molecule has 0 spiro atoms. The van der Waals surface area contributed by atoms with Crippen LogP contribution < -0.4 is 5.73 Å². The number of nitro groups is 1. The standard InChI is InChI=1S/C13H15N3O4/c1-13(2)6-11(17)15(12(13)18)7-8-5-9(16(19)20)3-4-10(8)14/h3-5H,6-7,14H2,1-2H3. The van der Waals surface area contributed by atoms with Crippen LogP contribution in [0.2, 0.25) is 0 Å². The molecule has 1 saturated heterocycles. The smallest absolute Gasteiger partial charge is 0.269 e. The molecular formula is C13H15N3O4. The van der Waals surface area contributed by atoms with Gasteiger partial charge in [-0.25, -0.2) is 0 Å². The molecule has 0 saturated carbocycles. The second kappa shape index (κ2) is 4.59. The Morgan fingerprint density at radius 1 is 1.40 bits per heavy atom. The van der Waals surface area contributed by atoms with Crippen LogP contribution in [0.15, 0.2) is 18.2 Å². The van der Waals surface area contributed by atoms with Crippen molar-refractivity contribution < 1.29 is 14.5 Å². The predicted molar refractivity (Wildman–Crippen MR) is 71.5 cm³/mol. The first-order chi connectivity index (χ1) is 9.22. The van der Waals surface area contributed by atoms with E-state index in [0.29, 0.717) is 11.3 Å². The molecule has 0 atom stereocenters. The van der Waals surface area contributed by atoms with E-state index in [-0.39, 0.29) is 30.5 Å². The van der Waals surface area contributed by atoms with E-state index in [1.807, 2.05) is 0 Å². The lowest BCUT2D eigenvalue weighted by Gasteiger charge is -2.18. The highest BCUT2D eigenvalue weighted by Crippen LogP contribution is 2.33. The van der Waals surface area contributed by atoms with Crippen LogP contribution in [-0.4, -0.2) is 21.6 Å². The van der Waals surface area contributed by atoms with Crippen molar-refractivity contribution in [3.05, 3.63) is 33.9 Å². The van der Waals surface area contributed by atoms with Crippen molar-refractivity contribution in [1.82, 2.24) is 4.90 Å². The zero-order valence-corrected chi connectivity index (χ0v) is 11.3. The molecule has 1 aliphatic rings. The number of hydrogen-bond acceptors (Lipinski definition) is 5. The van der Waals surface area contributed by atoms with Gasteiger partial charge in [0.1, 0.15) is 0 Å². The normalized spacial score (nSPS) is 17.6. The Hall–Kier alpha value is -2.44. The van der Waals surface area contributed by atoms with Crippen molar-refractivity contribution in [2.24, 2.45) is 5.41 Å². The number of hydrogen-bond donors (Lipinski definition) is 1. The predicted octanol–water partition coefficient (Wildman–Crippen LogP) is 1.46. The molecule has 1 fully saturated rings. The molecule has 7 heteroatoms. The first-order valence-electron chi connectivity index (χ1n) is 6.10. The minimum Gasteiger partial charge on any atom is -0.398 e. The Morgan fingerprint density at radius 2 is 2.05 bits per heavy atom. The number of imide groups is 1. The van der Waals surface area contributed by atoms with Gasteiger partial charge in [-0.3, -0.25) is 24.6 Å². The highest BCUT2D eigenvalue weighted by atomic mass is 16.6. The summed E-state index contributed by atoms with van der Waals surface area (Å²) in [5, 5.41) is 10.8. The van der Waals surface area contributed by atoms with Crippen molar-refractivity contribution in [3.63, 3.8) is 0 Å². The van der Waals surface area contributed by atoms with Gasteiger partial charge in [0, 0.05) is 29.8 Å². The number of nitrogens with zero attached hydrogens (tertiary/aromatic N) is 2. The minimum atomic E-state index is -0.730. The molecule has 20 heavy (non-hydrogen) atoms. The summed E-state index contributed by atoms with van der Waals surface area (Å²) in [5.41, 5.74) is 5.63. The zero-order valence-electron chi connectivity index (χ0n) is 11.3. The van der Waals surface area contributed by atoms with Crippen LogP contribution in [0.25, 0.3) is 0 Å². The minimum absolute atomic E-state index is 0.0331. The van der Waals surface area contributed by atoms with E-state index >= 15 is 0 Å². The van der Waals surface area contributed by atoms with Gasteiger partial charge in [0.05, 0.1) is 16.9 Å². The topological polar surface area (TPSA) is 107 Å². The third-order valence-corrected chi connectivity index (χ3v) is 3.38. The van der Waals surface area contributed by atoms with Gasteiger partial charge >= 0.3 is 0 Å². The molecule has 2 rings (SSSR count). The first kappa shape index (κ1) is 14.0. The number of nitro benzene ring substituents is 1. The number of carbonyl (C=O) groups is 2. The van der Waals surface area contributed by atoms with Crippen molar-refractivity contribution in [2.75, 3.05) is 5.73 Å². The summed E-state index contributed by atoms with van der Waals surface area (Å²) in [6.07, 6.45) is 0.140. The maximum absolute atomic E-state index is 12.1. The summed E-state index contributed by atoms with van der Waals surface area (Å²) < 4.78 is 0. The molecular weight excluding hydrogens is 262 g/mol. The van der Waals surface area contributed by atoms with Crippen LogP contribution in [0.4, 0.5) is 11.4 Å². The molecule has 1 aliphatic heterocycles. The van der Waals surface area contributed by atoms with Crippen LogP contribution in [0.3, 0.4) is 0 Å². The fourth-order valence-electron chi connectivity index (χ4n) is 2.20. The van der Waals surface area contributed by atoms with E-state index in [2.05, 4.69) is 0 Å². The SMILES string of the molecule is CC1(C)CC(=O)N(Cc2cc([N+](=O)[O-])ccc2N)C1=O. The molecule has 1 aromatic carbocycles. The number of amides is 2. The van der Waals surface area contributed by atoms with Gasteiger partial charge in [0.2, 0.25) is 11.8 Å². The number of rotatable bonds is 3. The molecule has 0 radical (unpaired) electrons. The highest BCUT2D eigenvalue weighted by Gasteiger charge is 2.44. The number of nitrogens with two attached hydrogens (primary N) is 1. The molecule has 2 amide bonds.